The van der Waals surface area contributed by atoms with Gasteiger partial charge in [-0.05, 0) is 45.4 Å². The van der Waals surface area contributed by atoms with Crippen LogP contribution in [0.1, 0.15) is 30.5 Å². The molecule has 0 heterocycles. The summed E-state index contributed by atoms with van der Waals surface area (Å²) >= 11 is 0. The summed E-state index contributed by atoms with van der Waals surface area (Å²) in [7, 11) is -3.78. The number of sulfonamides is 1. The van der Waals surface area contributed by atoms with Gasteiger partial charge in [0.25, 0.3) is 0 Å². The molecule has 1 N–H and O–H groups in total. The zero-order valence-corrected chi connectivity index (χ0v) is 16.5. The molecule has 0 radical (unpaired) electrons. The fraction of sp³-hybridized carbons (Fsp3) is 0.350. The highest BCUT2D eigenvalue weighted by Crippen LogP contribution is 2.19. The highest BCUT2D eigenvalue weighted by Gasteiger charge is 2.27. The number of carbonyl (C=O) groups is 1. The number of nitrogens with one attached hydrogen (secondary N) is 1. The van der Waals surface area contributed by atoms with Gasteiger partial charge in [0.15, 0.2) is 0 Å². The summed E-state index contributed by atoms with van der Waals surface area (Å²) < 4.78 is 27.4. The Morgan fingerprint density at radius 1 is 0.962 bits per heavy atom. The molecule has 140 valence electrons. The van der Waals surface area contributed by atoms with Crippen LogP contribution in [0.5, 0.6) is 0 Å². The molecule has 2 rings (SSSR count). The number of hydrogen-bond donors (Lipinski definition) is 1. The number of rotatable bonds is 7. The standard InChI is InChI=1S/C20H26N2O3S/c1-15(2)21-20(23)14-22(13-18-9-5-16(3)6-10-18)26(24,25)19-11-7-17(4)8-12-19/h5-12,15H,13-14H2,1-4H3,(H,21,23). The molecule has 2 aromatic rings. The van der Waals surface area contributed by atoms with Crippen LogP contribution in [0.3, 0.4) is 0 Å². The van der Waals surface area contributed by atoms with E-state index in [-0.39, 0.29) is 29.9 Å². The summed E-state index contributed by atoms with van der Waals surface area (Å²) in [5.41, 5.74) is 2.91. The molecule has 0 aromatic heterocycles. The minimum atomic E-state index is -3.78. The molecular formula is C20H26N2O3S. The van der Waals surface area contributed by atoms with Crippen LogP contribution >= 0.6 is 0 Å². The van der Waals surface area contributed by atoms with Gasteiger partial charge in [0.1, 0.15) is 0 Å². The van der Waals surface area contributed by atoms with E-state index < -0.39 is 10.0 Å². The number of aryl methyl sites for hydroxylation is 2. The van der Waals surface area contributed by atoms with Crippen LogP contribution in [0.2, 0.25) is 0 Å². The summed E-state index contributed by atoms with van der Waals surface area (Å²) in [5, 5.41) is 2.76. The summed E-state index contributed by atoms with van der Waals surface area (Å²) in [4.78, 5) is 12.4. The Morgan fingerprint density at radius 2 is 1.46 bits per heavy atom. The molecule has 0 aliphatic heterocycles. The van der Waals surface area contributed by atoms with Crippen molar-refractivity contribution in [3.8, 4) is 0 Å². The van der Waals surface area contributed by atoms with Gasteiger partial charge in [-0.1, -0.05) is 47.5 Å². The average Bonchev–Trinajstić information content (AvgIpc) is 2.56. The lowest BCUT2D eigenvalue weighted by molar-refractivity contribution is -0.121. The highest BCUT2D eigenvalue weighted by atomic mass is 32.2. The molecule has 0 saturated carbocycles. The van der Waals surface area contributed by atoms with Crippen molar-refractivity contribution in [2.45, 2.75) is 45.2 Å². The van der Waals surface area contributed by atoms with Gasteiger partial charge in [-0.15, -0.1) is 0 Å². The number of benzene rings is 2. The molecule has 0 aliphatic rings. The molecule has 0 unspecified atom stereocenters. The van der Waals surface area contributed by atoms with Crippen LogP contribution in [-0.2, 0) is 21.4 Å². The van der Waals surface area contributed by atoms with Crippen LogP contribution in [0.15, 0.2) is 53.4 Å². The lowest BCUT2D eigenvalue weighted by Gasteiger charge is -2.23. The molecule has 1 amide bonds. The van der Waals surface area contributed by atoms with E-state index in [1.165, 1.54) is 4.31 Å². The second kappa shape index (κ2) is 8.47. The van der Waals surface area contributed by atoms with E-state index in [9.17, 15) is 13.2 Å². The predicted octanol–water partition coefficient (Wildman–Crippen LogP) is 3.02. The molecular weight excluding hydrogens is 348 g/mol. The quantitative estimate of drug-likeness (QED) is 0.810. The molecule has 2 aromatic carbocycles. The maximum absolute atomic E-state index is 13.1. The summed E-state index contributed by atoms with van der Waals surface area (Å²) in [6.07, 6.45) is 0. The fourth-order valence-corrected chi connectivity index (χ4v) is 3.89. The molecule has 6 heteroatoms. The Labute approximate surface area is 156 Å². The van der Waals surface area contributed by atoms with Gasteiger partial charge in [-0.2, -0.15) is 4.31 Å². The summed E-state index contributed by atoms with van der Waals surface area (Å²) in [6.45, 7) is 7.48. The largest absolute Gasteiger partial charge is 0.353 e. The Balaban J connectivity index is 2.33. The Morgan fingerprint density at radius 3 is 1.96 bits per heavy atom. The van der Waals surface area contributed by atoms with Crippen LogP contribution in [0.4, 0.5) is 0 Å². The minimum Gasteiger partial charge on any atom is -0.353 e. The van der Waals surface area contributed by atoms with Gasteiger partial charge in [0.05, 0.1) is 11.4 Å². The normalized spacial score (nSPS) is 11.8. The van der Waals surface area contributed by atoms with Crippen molar-refractivity contribution in [2.75, 3.05) is 6.54 Å². The van der Waals surface area contributed by atoms with Gasteiger partial charge in [0.2, 0.25) is 15.9 Å². The molecule has 0 fully saturated rings. The van der Waals surface area contributed by atoms with E-state index in [2.05, 4.69) is 5.32 Å². The lowest BCUT2D eigenvalue weighted by Crippen LogP contribution is -2.42. The number of nitrogens with zero attached hydrogens (tertiary/aromatic N) is 1. The monoisotopic (exact) mass is 374 g/mol. The first-order valence-corrected chi connectivity index (χ1v) is 10.0. The van der Waals surface area contributed by atoms with E-state index >= 15 is 0 Å². The number of amides is 1. The van der Waals surface area contributed by atoms with Crippen molar-refractivity contribution in [3.63, 3.8) is 0 Å². The maximum atomic E-state index is 13.1. The Hall–Kier alpha value is -2.18. The van der Waals surface area contributed by atoms with Crippen LogP contribution in [-0.4, -0.2) is 31.2 Å². The molecule has 5 nitrogen and oxygen atoms in total. The third-order valence-electron chi connectivity index (χ3n) is 3.91. The minimum absolute atomic E-state index is 0.0502. The number of hydrogen-bond acceptors (Lipinski definition) is 3. The Bertz CT molecular complexity index is 842. The third-order valence-corrected chi connectivity index (χ3v) is 5.71. The van der Waals surface area contributed by atoms with E-state index in [1.807, 2.05) is 52.0 Å². The van der Waals surface area contributed by atoms with E-state index in [4.69, 9.17) is 0 Å². The zero-order valence-electron chi connectivity index (χ0n) is 15.7. The average molecular weight is 375 g/mol. The fourth-order valence-electron chi connectivity index (χ4n) is 2.51. The van der Waals surface area contributed by atoms with Gasteiger partial charge >= 0.3 is 0 Å². The van der Waals surface area contributed by atoms with Crippen LogP contribution in [0, 0.1) is 13.8 Å². The van der Waals surface area contributed by atoms with Crippen molar-refractivity contribution >= 4 is 15.9 Å². The second-order valence-electron chi connectivity index (χ2n) is 6.79. The van der Waals surface area contributed by atoms with Crippen molar-refractivity contribution < 1.29 is 13.2 Å². The highest BCUT2D eigenvalue weighted by molar-refractivity contribution is 7.89. The van der Waals surface area contributed by atoms with Crippen molar-refractivity contribution in [2.24, 2.45) is 0 Å². The Kier molecular flexibility index (Phi) is 6.56. The molecule has 0 saturated heterocycles. The first-order valence-electron chi connectivity index (χ1n) is 8.60. The third kappa shape index (κ3) is 5.41. The first-order chi connectivity index (χ1) is 12.2. The smallest absolute Gasteiger partial charge is 0.243 e. The molecule has 0 atom stereocenters. The van der Waals surface area contributed by atoms with E-state index in [0.29, 0.717) is 0 Å². The lowest BCUT2D eigenvalue weighted by atomic mass is 10.1. The predicted molar refractivity (Wildman–Crippen MR) is 103 cm³/mol. The molecule has 0 bridgehead atoms. The van der Waals surface area contributed by atoms with Crippen molar-refractivity contribution in [1.82, 2.24) is 9.62 Å². The summed E-state index contributed by atoms with van der Waals surface area (Å²) in [6, 6.07) is 14.2. The van der Waals surface area contributed by atoms with Crippen molar-refractivity contribution in [3.05, 3.63) is 65.2 Å². The topological polar surface area (TPSA) is 66.5 Å². The van der Waals surface area contributed by atoms with Gasteiger partial charge in [-0.3, -0.25) is 4.79 Å². The van der Waals surface area contributed by atoms with Crippen LogP contribution in [0.25, 0.3) is 0 Å². The van der Waals surface area contributed by atoms with Crippen LogP contribution < -0.4 is 5.32 Å². The number of carbonyl (C=O) groups excluding carboxylic acids is 1. The van der Waals surface area contributed by atoms with Gasteiger partial charge in [0, 0.05) is 12.6 Å². The zero-order chi connectivity index (χ0) is 19.3. The van der Waals surface area contributed by atoms with Crippen molar-refractivity contribution in [1.29, 1.82) is 0 Å². The maximum Gasteiger partial charge on any atom is 0.243 e. The molecule has 26 heavy (non-hydrogen) atoms. The SMILES string of the molecule is Cc1ccc(CN(CC(=O)NC(C)C)S(=O)(=O)c2ccc(C)cc2)cc1. The van der Waals surface area contributed by atoms with Gasteiger partial charge in [-0.25, -0.2) is 8.42 Å². The second-order valence-corrected chi connectivity index (χ2v) is 8.73. The van der Waals surface area contributed by atoms with E-state index in [0.717, 1.165) is 16.7 Å². The van der Waals surface area contributed by atoms with Gasteiger partial charge < -0.3 is 5.32 Å². The molecule has 0 spiro atoms. The summed E-state index contributed by atoms with van der Waals surface area (Å²) in [5.74, 6) is -0.317. The molecule has 0 aliphatic carbocycles. The van der Waals surface area contributed by atoms with E-state index in [1.54, 1.807) is 24.3 Å². The first kappa shape index (κ1) is 20.1.